The van der Waals surface area contributed by atoms with Gasteiger partial charge in [0, 0.05) is 42.7 Å². The summed E-state index contributed by atoms with van der Waals surface area (Å²) in [6, 6.07) is 0.189. The fraction of sp³-hybridized carbons (Fsp3) is 0.692. The molecule has 0 aromatic carbocycles. The van der Waals surface area contributed by atoms with Gasteiger partial charge in [-0.2, -0.15) is 0 Å². The zero-order valence-electron chi connectivity index (χ0n) is 11.5. The maximum Gasteiger partial charge on any atom is 0.307 e. The van der Waals surface area contributed by atoms with Crippen LogP contribution in [0.4, 0.5) is 0 Å². The summed E-state index contributed by atoms with van der Waals surface area (Å²) in [6.45, 7) is 5.67. The van der Waals surface area contributed by atoms with Crippen molar-refractivity contribution in [2.45, 2.75) is 45.7 Å². The molecule has 1 aliphatic rings. The highest BCUT2D eigenvalue weighted by atomic mass is 32.1. The second-order valence-electron chi connectivity index (χ2n) is 5.03. The van der Waals surface area contributed by atoms with E-state index in [9.17, 15) is 9.59 Å². The second kappa shape index (κ2) is 5.88. The summed E-state index contributed by atoms with van der Waals surface area (Å²) < 4.78 is 1.70. The predicted octanol–water partition coefficient (Wildman–Crippen LogP) is 0.866. The fourth-order valence-electron chi connectivity index (χ4n) is 2.61. The Labute approximate surface area is 117 Å². The molecule has 2 heterocycles. The van der Waals surface area contributed by atoms with Gasteiger partial charge < -0.3 is 15.2 Å². The van der Waals surface area contributed by atoms with Crippen molar-refractivity contribution in [3.63, 3.8) is 0 Å². The zero-order valence-corrected chi connectivity index (χ0v) is 12.3. The first kappa shape index (κ1) is 14.3. The third-order valence-electron chi connectivity index (χ3n) is 3.89. The van der Waals surface area contributed by atoms with Crippen LogP contribution in [-0.4, -0.2) is 34.5 Å². The lowest BCUT2D eigenvalue weighted by Gasteiger charge is -2.23. The first-order valence-corrected chi connectivity index (χ1v) is 7.52. The molecule has 5 nitrogen and oxygen atoms in total. The molecule has 0 aliphatic carbocycles. The van der Waals surface area contributed by atoms with Crippen LogP contribution in [0.3, 0.4) is 0 Å². The van der Waals surface area contributed by atoms with Crippen molar-refractivity contribution in [3.05, 3.63) is 20.2 Å². The van der Waals surface area contributed by atoms with Gasteiger partial charge in [0.15, 0.2) is 0 Å². The first-order valence-electron chi connectivity index (χ1n) is 6.71. The van der Waals surface area contributed by atoms with E-state index in [1.165, 1.54) is 11.3 Å². The number of hydrogen-bond acceptors (Lipinski definition) is 4. The maximum atomic E-state index is 12.2. The number of carbonyl (C=O) groups is 1. The Morgan fingerprint density at radius 1 is 1.47 bits per heavy atom. The number of amides is 1. The molecule has 1 aromatic rings. The molecule has 1 unspecified atom stereocenters. The monoisotopic (exact) mass is 283 g/mol. The largest absolute Gasteiger partial charge is 0.338 e. The van der Waals surface area contributed by atoms with E-state index in [0.29, 0.717) is 19.5 Å². The van der Waals surface area contributed by atoms with Crippen molar-refractivity contribution in [3.8, 4) is 0 Å². The average Bonchev–Trinajstić information content (AvgIpc) is 2.94. The number of hydrogen-bond donors (Lipinski definition) is 1. The van der Waals surface area contributed by atoms with Gasteiger partial charge in [-0.3, -0.25) is 9.59 Å². The van der Waals surface area contributed by atoms with Gasteiger partial charge >= 0.3 is 4.87 Å². The SMILES string of the molecule is Cc1sc(=O)n(CCC(=O)N2CCCC2CN)c1C. The minimum absolute atomic E-state index is 0.0274. The summed E-state index contributed by atoms with van der Waals surface area (Å²) in [6.07, 6.45) is 2.41. The van der Waals surface area contributed by atoms with Crippen molar-refractivity contribution >= 4 is 17.2 Å². The number of thiazole rings is 1. The van der Waals surface area contributed by atoms with Crippen LogP contribution in [0.2, 0.25) is 0 Å². The smallest absolute Gasteiger partial charge is 0.307 e. The van der Waals surface area contributed by atoms with Crippen LogP contribution in [0.5, 0.6) is 0 Å². The standard InChI is InChI=1S/C13H21N3O2S/c1-9-10(2)19-13(18)15(9)7-5-12(17)16-6-3-4-11(16)8-14/h11H,3-8,14H2,1-2H3. The van der Waals surface area contributed by atoms with Gasteiger partial charge in [0.25, 0.3) is 0 Å². The lowest BCUT2D eigenvalue weighted by molar-refractivity contribution is -0.132. The molecule has 6 heteroatoms. The summed E-state index contributed by atoms with van der Waals surface area (Å²) in [5.74, 6) is 0.114. The van der Waals surface area contributed by atoms with E-state index in [1.54, 1.807) is 4.57 Å². The maximum absolute atomic E-state index is 12.2. The van der Waals surface area contributed by atoms with Gasteiger partial charge in [0.1, 0.15) is 0 Å². The molecule has 2 rings (SSSR count). The molecule has 1 aromatic heterocycles. The van der Waals surface area contributed by atoms with Crippen LogP contribution in [0.25, 0.3) is 0 Å². The number of nitrogens with zero attached hydrogens (tertiary/aromatic N) is 2. The number of carbonyl (C=O) groups excluding carboxylic acids is 1. The third kappa shape index (κ3) is 2.90. The van der Waals surface area contributed by atoms with Gasteiger partial charge in [-0.25, -0.2) is 0 Å². The molecule has 0 radical (unpaired) electrons. The summed E-state index contributed by atoms with van der Waals surface area (Å²) in [4.78, 5) is 26.9. The second-order valence-corrected chi connectivity index (χ2v) is 6.20. The quantitative estimate of drug-likeness (QED) is 0.891. The molecule has 1 amide bonds. The number of rotatable bonds is 4. The highest BCUT2D eigenvalue weighted by Crippen LogP contribution is 2.17. The molecule has 19 heavy (non-hydrogen) atoms. The van der Waals surface area contributed by atoms with Crippen molar-refractivity contribution in [1.29, 1.82) is 0 Å². The Bertz CT molecular complexity index is 520. The molecular weight excluding hydrogens is 262 g/mol. The van der Waals surface area contributed by atoms with Crippen LogP contribution in [0, 0.1) is 13.8 Å². The molecule has 1 saturated heterocycles. The summed E-state index contributed by atoms with van der Waals surface area (Å²) in [5.41, 5.74) is 6.65. The fourth-order valence-corrected chi connectivity index (χ4v) is 3.46. The number of aryl methyl sites for hydroxylation is 1. The van der Waals surface area contributed by atoms with Crippen LogP contribution in [-0.2, 0) is 11.3 Å². The molecular formula is C13H21N3O2S. The number of likely N-dealkylation sites (tertiary alicyclic amines) is 1. The molecule has 0 bridgehead atoms. The van der Waals surface area contributed by atoms with E-state index in [-0.39, 0.29) is 16.8 Å². The molecule has 0 spiro atoms. The highest BCUT2D eigenvalue weighted by molar-refractivity contribution is 7.09. The normalized spacial score (nSPS) is 19.1. The van der Waals surface area contributed by atoms with E-state index in [4.69, 9.17) is 5.73 Å². The minimum Gasteiger partial charge on any atom is -0.338 e. The van der Waals surface area contributed by atoms with Gasteiger partial charge in [-0.05, 0) is 26.7 Å². The third-order valence-corrected chi connectivity index (χ3v) is 4.89. The Balaban J connectivity index is 1.99. The van der Waals surface area contributed by atoms with Gasteiger partial charge in [0.2, 0.25) is 5.91 Å². The Kier molecular flexibility index (Phi) is 4.42. The predicted molar refractivity (Wildman–Crippen MR) is 76.5 cm³/mol. The molecule has 2 N–H and O–H groups in total. The van der Waals surface area contributed by atoms with E-state index in [2.05, 4.69) is 0 Å². The highest BCUT2D eigenvalue weighted by Gasteiger charge is 2.27. The van der Waals surface area contributed by atoms with E-state index >= 15 is 0 Å². The van der Waals surface area contributed by atoms with Gasteiger partial charge in [-0.15, -0.1) is 0 Å². The summed E-state index contributed by atoms with van der Waals surface area (Å²) in [7, 11) is 0. The minimum atomic E-state index is 0.0274. The van der Waals surface area contributed by atoms with E-state index < -0.39 is 0 Å². The molecule has 1 fully saturated rings. The Hall–Kier alpha value is -1.14. The molecule has 106 valence electrons. The van der Waals surface area contributed by atoms with Crippen LogP contribution >= 0.6 is 11.3 Å². The van der Waals surface area contributed by atoms with Crippen LogP contribution < -0.4 is 10.6 Å². The van der Waals surface area contributed by atoms with E-state index in [1.807, 2.05) is 18.7 Å². The average molecular weight is 283 g/mol. The van der Waals surface area contributed by atoms with E-state index in [0.717, 1.165) is 30.0 Å². The molecule has 0 saturated carbocycles. The summed E-state index contributed by atoms with van der Waals surface area (Å²) in [5, 5.41) is 0. The topological polar surface area (TPSA) is 68.3 Å². The number of aromatic nitrogens is 1. The lowest BCUT2D eigenvalue weighted by Crippen LogP contribution is -2.40. The Morgan fingerprint density at radius 2 is 2.21 bits per heavy atom. The summed E-state index contributed by atoms with van der Waals surface area (Å²) >= 11 is 1.25. The van der Waals surface area contributed by atoms with Gasteiger partial charge in [-0.1, -0.05) is 11.3 Å². The zero-order chi connectivity index (χ0) is 14.0. The van der Waals surface area contributed by atoms with Crippen molar-refractivity contribution in [2.24, 2.45) is 5.73 Å². The first-order chi connectivity index (χ1) is 9.04. The number of nitrogens with two attached hydrogens (primary N) is 1. The van der Waals surface area contributed by atoms with Crippen LogP contribution in [0.15, 0.2) is 4.79 Å². The Morgan fingerprint density at radius 3 is 2.79 bits per heavy atom. The lowest BCUT2D eigenvalue weighted by atomic mass is 10.2. The van der Waals surface area contributed by atoms with Crippen molar-refractivity contribution in [1.82, 2.24) is 9.47 Å². The molecule has 1 aliphatic heterocycles. The van der Waals surface area contributed by atoms with Gasteiger partial charge in [0.05, 0.1) is 0 Å². The van der Waals surface area contributed by atoms with Crippen molar-refractivity contribution < 1.29 is 4.79 Å². The molecule has 1 atom stereocenters. The van der Waals surface area contributed by atoms with Crippen molar-refractivity contribution in [2.75, 3.05) is 13.1 Å². The van der Waals surface area contributed by atoms with Crippen LogP contribution in [0.1, 0.15) is 29.8 Å².